The van der Waals surface area contributed by atoms with Crippen molar-refractivity contribution in [1.29, 1.82) is 0 Å². The SMILES string of the molecule is CC(=O)/C=C/C1(O)C(C)(C)CCCC1(C)OCCO. The van der Waals surface area contributed by atoms with E-state index in [1.54, 1.807) is 6.08 Å². The van der Waals surface area contributed by atoms with Gasteiger partial charge in [-0.1, -0.05) is 13.8 Å². The van der Waals surface area contributed by atoms with Gasteiger partial charge in [-0.25, -0.2) is 0 Å². The third kappa shape index (κ3) is 3.07. The van der Waals surface area contributed by atoms with Crippen LogP contribution in [0.15, 0.2) is 12.2 Å². The Hall–Kier alpha value is -0.710. The molecule has 0 saturated heterocycles. The molecule has 0 bridgehead atoms. The van der Waals surface area contributed by atoms with Crippen molar-refractivity contribution in [2.45, 2.75) is 58.2 Å². The quantitative estimate of drug-likeness (QED) is 0.748. The minimum Gasteiger partial charge on any atom is -0.394 e. The molecule has 1 fully saturated rings. The first-order valence-electron chi connectivity index (χ1n) is 6.85. The molecule has 0 amide bonds. The first-order valence-corrected chi connectivity index (χ1v) is 6.85. The van der Waals surface area contributed by atoms with Gasteiger partial charge >= 0.3 is 0 Å². The molecular weight excluding hydrogens is 244 g/mol. The van der Waals surface area contributed by atoms with E-state index in [2.05, 4.69) is 0 Å². The van der Waals surface area contributed by atoms with Gasteiger partial charge in [-0.05, 0) is 50.7 Å². The fourth-order valence-corrected chi connectivity index (χ4v) is 3.06. The summed E-state index contributed by atoms with van der Waals surface area (Å²) in [6, 6.07) is 0. The second-order valence-corrected chi connectivity index (χ2v) is 6.25. The molecule has 4 nitrogen and oxygen atoms in total. The Bertz CT molecular complexity index is 361. The lowest BCUT2D eigenvalue weighted by Gasteiger charge is -2.55. The van der Waals surface area contributed by atoms with Crippen molar-refractivity contribution in [1.82, 2.24) is 0 Å². The molecule has 0 aromatic rings. The molecule has 1 rings (SSSR count). The van der Waals surface area contributed by atoms with Crippen LogP contribution in [0.4, 0.5) is 0 Å². The minimum atomic E-state index is -1.22. The number of hydrogen-bond acceptors (Lipinski definition) is 4. The molecule has 0 aromatic carbocycles. The average Bonchev–Trinajstić information content (AvgIpc) is 2.31. The monoisotopic (exact) mass is 270 g/mol. The molecule has 0 aliphatic heterocycles. The number of aliphatic hydroxyl groups excluding tert-OH is 1. The summed E-state index contributed by atoms with van der Waals surface area (Å²) in [5, 5.41) is 20.1. The summed E-state index contributed by atoms with van der Waals surface area (Å²) in [5.41, 5.74) is -2.40. The van der Waals surface area contributed by atoms with Crippen LogP contribution in [0.25, 0.3) is 0 Å². The lowest BCUT2D eigenvalue weighted by atomic mass is 9.58. The van der Waals surface area contributed by atoms with Crippen molar-refractivity contribution in [3.8, 4) is 0 Å². The lowest BCUT2D eigenvalue weighted by molar-refractivity contribution is -0.221. The molecule has 2 unspecified atom stereocenters. The highest BCUT2D eigenvalue weighted by molar-refractivity contribution is 5.87. The van der Waals surface area contributed by atoms with E-state index in [-0.39, 0.29) is 24.4 Å². The normalized spacial score (nSPS) is 34.6. The summed E-state index contributed by atoms with van der Waals surface area (Å²) in [5.74, 6) is -0.0979. The van der Waals surface area contributed by atoms with Crippen LogP contribution in [-0.4, -0.2) is 40.4 Å². The number of rotatable bonds is 5. The zero-order chi connectivity index (χ0) is 14.7. The smallest absolute Gasteiger partial charge is 0.152 e. The summed E-state index contributed by atoms with van der Waals surface area (Å²) < 4.78 is 5.74. The van der Waals surface area contributed by atoms with E-state index in [0.29, 0.717) is 6.42 Å². The number of ketones is 1. The molecule has 0 radical (unpaired) electrons. The first-order chi connectivity index (χ1) is 8.68. The summed E-state index contributed by atoms with van der Waals surface area (Å²) in [6.45, 7) is 7.38. The van der Waals surface area contributed by atoms with Gasteiger partial charge in [-0.2, -0.15) is 0 Å². The van der Waals surface area contributed by atoms with E-state index in [4.69, 9.17) is 9.84 Å². The third-order valence-corrected chi connectivity index (χ3v) is 4.36. The number of carbonyl (C=O) groups excluding carboxylic acids is 1. The van der Waals surface area contributed by atoms with Gasteiger partial charge < -0.3 is 14.9 Å². The molecule has 2 N–H and O–H groups in total. The van der Waals surface area contributed by atoms with Gasteiger partial charge in [0, 0.05) is 0 Å². The third-order valence-electron chi connectivity index (χ3n) is 4.36. The van der Waals surface area contributed by atoms with Crippen LogP contribution in [0, 0.1) is 5.41 Å². The topological polar surface area (TPSA) is 66.8 Å². The van der Waals surface area contributed by atoms with Crippen molar-refractivity contribution >= 4 is 5.78 Å². The Labute approximate surface area is 115 Å². The van der Waals surface area contributed by atoms with Gasteiger partial charge in [-0.3, -0.25) is 4.79 Å². The molecule has 1 saturated carbocycles. The van der Waals surface area contributed by atoms with Crippen LogP contribution in [0.1, 0.15) is 47.0 Å². The second-order valence-electron chi connectivity index (χ2n) is 6.25. The Kier molecular flexibility index (Phi) is 4.93. The van der Waals surface area contributed by atoms with Crippen molar-refractivity contribution in [3.05, 3.63) is 12.2 Å². The zero-order valence-corrected chi connectivity index (χ0v) is 12.4. The minimum absolute atomic E-state index is 0.0808. The predicted molar refractivity (Wildman–Crippen MR) is 73.8 cm³/mol. The van der Waals surface area contributed by atoms with Crippen LogP contribution in [0.3, 0.4) is 0 Å². The summed E-state index contributed by atoms with van der Waals surface area (Å²) in [7, 11) is 0. The number of carbonyl (C=O) groups is 1. The largest absolute Gasteiger partial charge is 0.394 e. The van der Waals surface area contributed by atoms with Crippen LogP contribution >= 0.6 is 0 Å². The average molecular weight is 270 g/mol. The van der Waals surface area contributed by atoms with Crippen LogP contribution in [0.5, 0.6) is 0 Å². The molecule has 110 valence electrons. The molecular formula is C15H26O4. The maximum Gasteiger partial charge on any atom is 0.152 e. The summed E-state index contributed by atoms with van der Waals surface area (Å²) in [4.78, 5) is 11.2. The van der Waals surface area contributed by atoms with Crippen molar-refractivity contribution in [2.75, 3.05) is 13.2 Å². The highest BCUT2D eigenvalue weighted by atomic mass is 16.5. The van der Waals surface area contributed by atoms with E-state index in [9.17, 15) is 9.90 Å². The van der Waals surface area contributed by atoms with Gasteiger partial charge in [-0.15, -0.1) is 0 Å². The predicted octanol–water partition coefficient (Wildman–Crippen LogP) is 1.84. The Morgan fingerprint density at radius 1 is 1.32 bits per heavy atom. The van der Waals surface area contributed by atoms with Gasteiger partial charge in [0.1, 0.15) is 5.60 Å². The summed E-state index contributed by atoms with van der Waals surface area (Å²) in [6.07, 6.45) is 5.50. The van der Waals surface area contributed by atoms with Gasteiger partial charge in [0.2, 0.25) is 0 Å². The molecule has 1 aliphatic rings. The van der Waals surface area contributed by atoms with Crippen molar-refractivity contribution in [3.63, 3.8) is 0 Å². The summed E-state index contributed by atoms with van der Waals surface area (Å²) >= 11 is 0. The van der Waals surface area contributed by atoms with Crippen molar-refractivity contribution in [2.24, 2.45) is 5.41 Å². The fourth-order valence-electron chi connectivity index (χ4n) is 3.06. The standard InChI is InChI=1S/C15H26O4/c1-12(17)6-9-15(18)13(2,3)7-5-8-14(15,4)19-11-10-16/h6,9,16,18H,5,7-8,10-11H2,1-4H3/b9-6+. The molecule has 1 aliphatic carbocycles. The van der Waals surface area contributed by atoms with Crippen LogP contribution in [0.2, 0.25) is 0 Å². The van der Waals surface area contributed by atoms with E-state index in [1.807, 2.05) is 20.8 Å². The molecule has 4 heteroatoms. The molecule has 0 heterocycles. The molecule has 19 heavy (non-hydrogen) atoms. The number of allylic oxidation sites excluding steroid dienone is 1. The van der Waals surface area contributed by atoms with Gasteiger partial charge in [0.25, 0.3) is 0 Å². The Morgan fingerprint density at radius 3 is 2.47 bits per heavy atom. The van der Waals surface area contributed by atoms with Gasteiger partial charge in [0.05, 0.1) is 18.8 Å². The highest BCUT2D eigenvalue weighted by Crippen LogP contribution is 2.51. The van der Waals surface area contributed by atoms with E-state index >= 15 is 0 Å². The van der Waals surface area contributed by atoms with E-state index in [1.165, 1.54) is 13.0 Å². The number of aliphatic hydroxyl groups is 2. The second kappa shape index (κ2) is 5.73. The lowest BCUT2D eigenvalue weighted by Crippen LogP contribution is -2.63. The first kappa shape index (κ1) is 16.3. The van der Waals surface area contributed by atoms with Crippen LogP contribution < -0.4 is 0 Å². The Balaban J connectivity index is 3.15. The molecule has 0 spiro atoms. The van der Waals surface area contributed by atoms with Gasteiger partial charge in [0.15, 0.2) is 5.78 Å². The Morgan fingerprint density at radius 2 is 1.95 bits per heavy atom. The number of ether oxygens (including phenoxy) is 1. The zero-order valence-electron chi connectivity index (χ0n) is 12.4. The highest BCUT2D eigenvalue weighted by Gasteiger charge is 2.57. The van der Waals surface area contributed by atoms with E-state index in [0.717, 1.165) is 12.8 Å². The van der Waals surface area contributed by atoms with Crippen molar-refractivity contribution < 1.29 is 19.7 Å². The maximum atomic E-state index is 11.2. The van der Waals surface area contributed by atoms with E-state index < -0.39 is 11.2 Å². The van der Waals surface area contributed by atoms with Crippen LogP contribution in [-0.2, 0) is 9.53 Å². The fraction of sp³-hybridized carbons (Fsp3) is 0.800. The molecule has 0 aromatic heterocycles. The molecule has 2 atom stereocenters. The number of hydrogen-bond donors (Lipinski definition) is 2. The maximum absolute atomic E-state index is 11.2.